The molecule has 20 heavy (non-hydrogen) atoms. The van der Waals surface area contributed by atoms with E-state index in [0.717, 1.165) is 37.4 Å². The van der Waals surface area contributed by atoms with E-state index in [1.165, 1.54) is 11.3 Å². The highest BCUT2D eigenvalue weighted by Gasteiger charge is 2.19. The summed E-state index contributed by atoms with van der Waals surface area (Å²) in [6, 6.07) is 3.92. The fourth-order valence-electron chi connectivity index (χ4n) is 2.66. The molecule has 0 saturated carbocycles. The molecule has 2 aromatic heterocycles. The van der Waals surface area contributed by atoms with Crippen LogP contribution >= 0.6 is 0 Å². The van der Waals surface area contributed by atoms with Crippen molar-refractivity contribution in [1.29, 1.82) is 0 Å². The van der Waals surface area contributed by atoms with E-state index in [1.54, 1.807) is 6.20 Å². The molecule has 4 heteroatoms. The molecule has 3 rings (SSSR count). The molecule has 0 fully saturated rings. The van der Waals surface area contributed by atoms with E-state index in [4.69, 9.17) is 4.98 Å². The molecular weight excluding hydrogens is 248 g/mol. The van der Waals surface area contributed by atoms with Crippen molar-refractivity contribution in [2.75, 3.05) is 13.1 Å². The summed E-state index contributed by atoms with van der Waals surface area (Å²) in [7, 11) is 0. The van der Waals surface area contributed by atoms with Gasteiger partial charge in [-0.1, -0.05) is 13.8 Å². The first-order valence-corrected chi connectivity index (χ1v) is 7.20. The maximum Gasteiger partial charge on any atom is 0.160 e. The first-order chi connectivity index (χ1) is 9.72. The minimum Gasteiger partial charge on any atom is -0.297 e. The Morgan fingerprint density at radius 1 is 1.30 bits per heavy atom. The standard InChI is InChI=1S/C16H20N4/c1-12(2)10-20-7-5-13-9-18-16(19-15(13)11-20)14-4-3-6-17-8-14/h3-4,6,8-9,12H,5,7,10-11H2,1-2H3. The van der Waals surface area contributed by atoms with Crippen LogP contribution in [0.1, 0.15) is 25.1 Å². The maximum atomic E-state index is 4.75. The molecule has 0 aromatic carbocycles. The first kappa shape index (κ1) is 13.2. The highest BCUT2D eigenvalue weighted by molar-refractivity contribution is 5.53. The van der Waals surface area contributed by atoms with Crippen LogP contribution < -0.4 is 0 Å². The lowest BCUT2D eigenvalue weighted by atomic mass is 10.1. The van der Waals surface area contributed by atoms with Crippen molar-refractivity contribution in [3.05, 3.63) is 42.0 Å². The van der Waals surface area contributed by atoms with Gasteiger partial charge in [-0.2, -0.15) is 0 Å². The first-order valence-electron chi connectivity index (χ1n) is 7.20. The summed E-state index contributed by atoms with van der Waals surface area (Å²) in [6.45, 7) is 7.70. The van der Waals surface area contributed by atoms with Gasteiger partial charge in [-0.25, -0.2) is 9.97 Å². The highest BCUT2D eigenvalue weighted by atomic mass is 15.1. The van der Waals surface area contributed by atoms with Gasteiger partial charge in [0.25, 0.3) is 0 Å². The number of rotatable bonds is 3. The van der Waals surface area contributed by atoms with Crippen LogP contribution in [0.25, 0.3) is 11.4 Å². The summed E-state index contributed by atoms with van der Waals surface area (Å²) < 4.78 is 0. The summed E-state index contributed by atoms with van der Waals surface area (Å²) in [6.07, 6.45) is 6.62. The molecule has 0 spiro atoms. The van der Waals surface area contributed by atoms with Crippen molar-refractivity contribution in [3.63, 3.8) is 0 Å². The van der Waals surface area contributed by atoms with Gasteiger partial charge in [-0.15, -0.1) is 0 Å². The van der Waals surface area contributed by atoms with E-state index in [-0.39, 0.29) is 0 Å². The minimum absolute atomic E-state index is 0.691. The summed E-state index contributed by atoms with van der Waals surface area (Å²) in [5.41, 5.74) is 3.44. The van der Waals surface area contributed by atoms with Crippen molar-refractivity contribution < 1.29 is 0 Å². The Hall–Kier alpha value is -1.81. The van der Waals surface area contributed by atoms with Gasteiger partial charge in [0.2, 0.25) is 0 Å². The van der Waals surface area contributed by atoms with Crippen LogP contribution in [-0.2, 0) is 13.0 Å². The second-order valence-electron chi connectivity index (χ2n) is 5.79. The Labute approximate surface area is 119 Å². The number of hydrogen-bond acceptors (Lipinski definition) is 4. The molecule has 4 nitrogen and oxygen atoms in total. The average molecular weight is 268 g/mol. The van der Waals surface area contributed by atoms with Crippen molar-refractivity contribution in [1.82, 2.24) is 19.9 Å². The predicted molar refractivity (Wildman–Crippen MR) is 79.1 cm³/mol. The molecule has 0 N–H and O–H groups in total. The quantitative estimate of drug-likeness (QED) is 0.858. The molecule has 1 aliphatic rings. The second-order valence-corrected chi connectivity index (χ2v) is 5.79. The van der Waals surface area contributed by atoms with Gasteiger partial charge < -0.3 is 0 Å². The Morgan fingerprint density at radius 2 is 2.20 bits per heavy atom. The monoisotopic (exact) mass is 268 g/mol. The summed E-state index contributed by atoms with van der Waals surface area (Å²) >= 11 is 0. The molecule has 0 radical (unpaired) electrons. The lowest BCUT2D eigenvalue weighted by Gasteiger charge is -2.29. The third kappa shape index (κ3) is 2.85. The molecule has 0 aliphatic carbocycles. The molecule has 0 bridgehead atoms. The molecule has 0 atom stereocenters. The van der Waals surface area contributed by atoms with Crippen molar-refractivity contribution in [3.8, 4) is 11.4 Å². The third-order valence-electron chi connectivity index (χ3n) is 3.57. The van der Waals surface area contributed by atoms with Crippen LogP contribution in [0.3, 0.4) is 0 Å². The van der Waals surface area contributed by atoms with E-state index in [9.17, 15) is 0 Å². The summed E-state index contributed by atoms with van der Waals surface area (Å²) in [5.74, 6) is 1.47. The third-order valence-corrected chi connectivity index (χ3v) is 3.57. The van der Waals surface area contributed by atoms with Gasteiger partial charge in [0.1, 0.15) is 0 Å². The average Bonchev–Trinajstić information content (AvgIpc) is 2.47. The van der Waals surface area contributed by atoms with Crippen LogP contribution in [0.5, 0.6) is 0 Å². The zero-order valence-electron chi connectivity index (χ0n) is 12.1. The summed E-state index contributed by atoms with van der Waals surface area (Å²) in [4.78, 5) is 15.8. The van der Waals surface area contributed by atoms with E-state index >= 15 is 0 Å². The van der Waals surface area contributed by atoms with Gasteiger partial charge in [0, 0.05) is 43.8 Å². The number of aromatic nitrogens is 3. The van der Waals surface area contributed by atoms with Crippen LogP contribution in [0, 0.1) is 5.92 Å². The fraction of sp³-hybridized carbons (Fsp3) is 0.438. The number of hydrogen-bond donors (Lipinski definition) is 0. The van der Waals surface area contributed by atoms with E-state index < -0.39 is 0 Å². The van der Waals surface area contributed by atoms with Crippen molar-refractivity contribution >= 4 is 0 Å². The highest BCUT2D eigenvalue weighted by Crippen LogP contribution is 2.20. The Bertz CT molecular complexity index is 580. The van der Waals surface area contributed by atoms with Crippen LogP contribution in [0.2, 0.25) is 0 Å². The molecule has 0 amide bonds. The molecular formula is C16H20N4. The SMILES string of the molecule is CC(C)CN1CCc2cnc(-c3cccnc3)nc2C1. The van der Waals surface area contributed by atoms with Gasteiger partial charge in [-0.05, 0) is 30.0 Å². The molecule has 0 saturated heterocycles. The van der Waals surface area contributed by atoms with Gasteiger partial charge in [-0.3, -0.25) is 9.88 Å². The lowest BCUT2D eigenvalue weighted by Crippen LogP contribution is -2.34. The smallest absolute Gasteiger partial charge is 0.160 e. The van der Waals surface area contributed by atoms with Gasteiger partial charge in [0.15, 0.2) is 5.82 Å². The number of pyridine rings is 1. The van der Waals surface area contributed by atoms with Crippen LogP contribution in [0.4, 0.5) is 0 Å². The number of nitrogens with zero attached hydrogens (tertiary/aromatic N) is 4. The molecule has 1 aliphatic heterocycles. The van der Waals surface area contributed by atoms with Crippen molar-refractivity contribution in [2.45, 2.75) is 26.8 Å². The minimum atomic E-state index is 0.691. The Kier molecular flexibility index (Phi) is 3.74. The summed E-state index contributed by atoms with van der Waals surface area (Å²) in [5, 5.41) is 0. The maximum absolute atomic E-state index is 4.75. The lowest BCUT2D eigenvalue weighted by molar-refractivity contribution is 0.223. The van der Waals surface area contributed by atoms with E-state index in [2.05, 4.69) is 28.7 Å². The zero-order chi connectivity index (χ0) is 13.9. The van der Waals surface area contributed by atoms with Crippen molar-refractivity contribution in [2.24, 2.45) is 5.92 Å². The molecule has 3 heterocycles. The molecule has 0 unspecified atom stereocenters. The molecule has 104 valence electrons. The predicted octanol–water partition coefficient (Wildman–Crippen LogP) is 2.55. The van der Waals surface area contributed by atoms with Gasteiger partial charge in [0.05, 0.1) is 5.69 Å². The Balaban J connectivity index is 1.85. The van der Waals surface area contributed by atoms with E-state index in [0.29, 0.717) is 5.92 Å². The second kappa shape index (κ2) is 5.67. The topological polar surface area (TPSA) is 41.9 Å². The normalized spacial score (nSPS) is 15.3. The molecule has 2 aromatic rings. The largest absolute Gasteiger partial charge is 0.297 e. The number of fused-ring (bicyclic) bond motifs is 1. The zero-order valence-corrected chi connectivity index (χ0v) is 12.1. The fourth-order valence-corrected chi connectivity index (χ4v) is 2.66. The van der Waals surface area contributed by atoms with Gasteiger partial charge >= 0.3 is 0 Å². The van der Waals surface area contributed by atoms with E-state index in [1.807, 2.05) is 24.5 Å². The van der Waals surface area contributed by atoms with Crippen LogP contribution in [-0.4, -0.2) is 32.9 Å². The Morgan fingerprint density at radius 3 is 2.95 bits per heavy atom. The van der Waals surface area contributed by atoms with Crippen LogP contribution in [0.15, 0.2) is 30.7 Å².